The second-order valence-electron chi connectivity index (χ2n) is 5.55. The number of aromatic nitrogens is 4. The van der Waals surface area contributed by atoms with Gasteiger partial charge in [0.2, 0.25) is 0 Å². The third kappa shape index (κ3) is 6.04. The number of hydrogen-bond acceptors (Lipinski definition) is 5. The minimum atomic E-state index is -5.08. The van der Waals surface area contributed by atoms with Crippen LogP contribution in [0.3, 0.4) is 0 Å². The molecular formula is C17H16F3N5O3. The van der Waals surface area contributed by atoms with Crippen molar-refractivity contribution in [2.75, 3.05) is 6.54 Å². The zero-order chi connectivity index (χ0) is 20.7. The van der Waals surface area contributed by atoms with E-state index in [9.17, 15) is 18.0 Å². The second kappa shape index (κ2) is 8.93. The van der Waals surface area contributed by atoms with E-state index in [-0.39, 0.29) is 5.91 Å². The Bertz CT molecular complexity index is 922. The molecule has 3 aromatic rings. The van der Waals surface area contributed by atoms with Crippen molar-refractivity contribution < 1.29 is 27.9 Å². The van der Waals surface area contributed by atoms with Crippen LogP contribution >= 0.6 is 0 Å². The first-order valence-corrected chi connectivity index (χ1v) is 7.96. The van der Waals surface area contributed by atoms with Crippen molar-refractivity contribution >= 4 is 17.5 Å². The van der Waals surface area contributed by atoms with E-state index in [0.29, 0.717) is 18.7 Å². The molecule has 2 N–H and O–H groups in total. The highest BCUT2D eigenvalue weighted by Gasteiger charge is 2.38. The predicted octanol–water partition coefficient (Wildman–Crippen LogP) is 2.04. The third-order valence-corrected chi connectivity index (χ3v) is 3.34. The standard InChI is InChI=1S/C15H15N5O.C2HF3O2/c1-11-8-18-13(9-17-11)15(21)16-6-5-12-10-20-7-3-2-4-14(20)19-12;3-2(4,5)1(6)7/h2-4,7-10H,5-6H2,1H3,(H,16,21);(H,6,7). The van der Waals surface area contributed by atoms with Crippen molar-refractivity contribution in [3.05, 3.63) is 60.1 Å². The van der Waals surface area contributed by atoms with Crippen LogP contribution in [0.15, 0.2) is 43.0 Å². The Hall–Kier alpha value is -3.50. The number of aryl methyl sites for hydroxylation is 1. The van der Waals surface area contributed by atoms with Gasteiger partial charge in [0, 0.05) is 31.6 Å². The number of aliphatic carboxylic acids is 1. The number of alkyl halides is 3. The molecule has 0 aliphatic rings. The summed E-state index contributed by atoms with van der Waals surface area (Å²) in [5.74, 6) is -2.97. The summed E-state index contributed by atoms with van der Waals surface area (Å²) >= 11 is 0. The van der Waals surface area contributed by atoms with Crippen LogP contribution in [0.5, 0.6) is 0 Å². The SMILES string of the molecule is Cc1cnc(C(=O)NCCc2cn3ccccc3n2)cn1.O=C(O)C(F)(F)F. The molecular weight excluding hydrogens is 379 g/mol. The summed E-state index contributed by atoms with van der Waals surface area (Å²) in [5.41, 5.74) is 2.96. The molecule has 28 heavy (non-hydrogen) atoms. The van der Waals surface area contributed by atoms with E-state index in [2.05, 4.69) is 20.3 Å². The van der Waals surface area contributed by atoms with Gasteiger partial charge in [0.25, 0.3) is 5.91 Å². The Balaban J connectivity index is 0.000000345. The molecule has 148 valence electrons. The molecule has 0 unspecified atom stereocenters. The van der Waals surface area contributed by atoms with Crippen molar-refractivity contribution in [1.29, 1.82) is 0 Å². The van der Waals surface area contributed by atoms with Crippen LogP contribution in [-0.4, -0.2) is 49.1 Å². The summed E-state index contributed by atoms with van der Waals surface area (Å²) in [7, 11) is 0. The minimum Gasteiger partial charge on any atom is -0.475 e. The first-order chi connectivity index (χ1) is 13.2. The van der Waals surface area contributed by atoms with Gasteiger partial charge >= 0.3 is 12.1 Å². The minimum absolute atomic E-state index is 0.216. The van der Waals surface area contributed by atoms with Gasteiger partial charge in [-0.25, -0.2) is 14.8 Å². The van der Waals surface area contributed by atoms with Crippen molar-refractivity contribution in [1.82, 2.24) is 24.7 Å². The van der Waals surface area contributed by atoms with Gasteiger partial charge in [-0.15, -0.1) is 0 Å². The van der Waals surface area contributed by atoms with Crippen LogP contribution in [0, 0.1) is 6.92 Å². The topological polar surface area (TPSA) is 109 Å². The Morgan fingerprint density at radius 1 is 1.21 bits per heavy atom. The Morgan fingerprint density at radius 2 is 1.93 bits per heavy atom. The normalized spacial score (nSPS) is 10.9. The average molecular weight is 395 g/mol. The summed E-state index contributed by atoms with van der Waals surface area (Å²) in [6.07, 6.45) is 2.57. The number of imidazole rings is 1. The Kier molecular flexibility index (Phi) is 6.64. The van der Waals surface area contributed by atoms with Gasteiger partial charge < -0.3 is 14.8 Å². The van der Waals surface area contributed by atoms with E-state index >= 15 is 0 Å². The zero-order valence-electron chi connectivity index (χ0n) is 14.6. The number of nitrogens with zero attached hydrogens (tertiary/aromatic N) is 4. The van der Waals surface area contributed by atoms with E-state index in [1.807, 2.05) is 41.9 Å². The summed E-state index contributed by atoms with van der Waals surface area (Å²) in [6.45, 7) is 2.34. The molecule has 1 amide bonds. The van der Waals surface area contributed by atoms with E-state index < -0.39 is 12.1 Å². The molecule has 0 bridgehead atoms. The highest BCUT2D eigenvalue weighted by atomic mass is 19.4. The van der Waals surface area contributed by atoms with E-state index in [4.69, 9.17) is 9.90 Å². The summed E-state index contributed by atoms with van der Waals surface area (Å²) in [5, 5.41) is 9.95. The molecule has 0 saturated heterocycles. The van der Waals surface area contributed by atoms with Crippen LogP contribution in [0.1, 0.15) is 21.9 Å². The van der Waals surface area contributed by atoms with Gasteiger partial charge in [-0.1, -0.05) is 6.07 Å². The fourth-order valence-electron chi connectivity index (χ4n) is 2.01. The summed E-state index contributed by atoms with van der Waals surface area (Å²) in [6, 6.07) is 5.85. The number of pyridine rings is 1. The molecule has 3 aromatic heterocycles. The van der Waals surface area contributed by atoms with E-state index in [0.717, 1.165) is 17.0 Å². The maximum Gasteiger partial charge on any atom is 0.490 e. The molecule has 8 nitrogen and oxygen atoms in total. The molecule has 0 aliphatic carbocycles. The van der Waals surface area contributed by atoms with Crippen LogP contribution in [0.25, 0.3) is 5.65 Å². The van der Waals surface area contributed by atoms with Gasteiger partial charge in [-0.05, 0) is 19.1 Å². The quantitative estimate of drug-likeness (QED) is 0.700. The summed E-state index contributed by atoms with van der Waals surface area (Å²) in [4.78, 5) is 33.4. The van der Waals surface area contributed by atoms with Gasteiger partial charge in [0.05, 0.1) is 17.6 Å². The maximum absolute atomic E-state index is 11.9. The lowest BCUT2D eigenvalue weighted by atomic mass is 10.3. The van der Waals surface area contributed by atoms with E-state index in [1.165, 1.54) is 6.20 Å². The monoisotopic (exact) mass is 395 g/mol. The molecule has 0 spiro atoms. The summed E-state index contributed by atoms with van der Waals surface area (Å²) < 4.78 is 33.7. The first-order valence-electron chi connectivity index (χ1n) is 7.96. The Labute approximate surface area is 157 Å². The zero-order valence-corrected chi connectivity index (χ0v) is 14.6. The largest absolute Gasteiger partial charge is 0.490 e. The highest BCUT2D eigenvalue weighted by Crippen LogP contribution is 2.13. The molecule has 0 aliphatic heterocycles. The molecule has 0 atom stereocenters. The highest BCUT2D eigenvalue weighted by molar-refractivity contribution is 5.91. The number of carbonyl (C=O) groups is 2. The van der Waals surface area contributed by atoms with Crippen LogP contribution in [0.4, 0.5) is 13.2 Å². The first kappa shape index (κ1) is 20.8. The second-order valence-corrected chi connectivity index (χ2v) is 5.55. The molecule has 3 rings (SSSR count). The number of carboxylic acids is 1. The van der Waals surface area contributed by atoms with Crippen LogP contribution in [-0.2, 0) is 11.2 Å². The van der Waals surface area contributed by atoms with Gasteiger partial charge in [-0.2, -0.15) is 13.2 Å². The van der Waals surface area contributed by atoms with Crippen molar-refractivity contribution in [2.45, 2.75) is 19.5 Å². The van der Waals surface area contributed by atoms with Crippen LogP contribution < -0.4 is 5.32 Å². The smallest absolute Gasteiger partial charge is 0.475 e. The number of carbonyl (C=O) groups excluding carboxylic acids is 1. The number of rotatable bonds is 4. The number of amides is 1. The van der Waals surface area contributed by atoms with Gasteiger partial charge in [0.15, 0.2) is 0 Å². The van der Waals surface area contributed by atoms with Gasteiger partial charge in [0.1, 0.15) is 11.3 Å². The van der Waals surface area contributed by atoms with Gasteiger partial charge in [-0.3, -0.25) is 9.78 Å². The fraction of sp³-hybridized carbons (Fsp3) is 0.235. The third-order valence-electron chi connectivity index (χ3n) is 3.34. The number of nitrogens with one attached hydrogen (secondary N) is 1. The van der Waals surface area contributed by atoms with Crippen molar-refractivity contribution in [3.8, 4) is 0 Å². The number of fused-ring (bicyclic) bond motifs is 1. The van der Waals surface area contributed by atoms with E-state index in [1.54, 1.807) is 6.20 Å². The number of hydrogen-bond donors (Lipinski definition) is 2. The molecule has 0 radical (unpaired) electrons. The lowest BCUT2D eigenvalue weighted by molar-refractivity contribution is -0.192. The lowest BCUT2D eigenvalue weighted by Gasteiger charge is -2.03. The average Bonchev–Trinajstić information content (AvgIpc) is 3.04. The number of carboxylic acid groups (broad SMARTS) is 1. The molecule has 0 aromatic carbocycles. The van der Waals surface area contributed by atoms with Crippen LogP contribution in [0.2, 0.25) is 0 Å². The van der Waals surface area contributed by atoms with Crippen molar-refractivity contribution in [2.24, 2.45) is 0 Å². The lowest BCUT2D eigenvalue weighted by Crippen LogP contribution is -2.26. The molecule has 0 saturated carbocycles. The predicted molar refractivity (Wildman–Crippen MR) is 91.7 cm³/mol. The van der Waals surface area contributed by atoms with Crippen molar-refractivity contribution in [3.63, 3.8) is 0 Å². The number of halogens is 3. The fourth-order valence-corrected chi connectivity index (χ4v) is 2.01. The molecule has 0 fully saturated rings. The Morgan fingerprint density at radius 3 is 2.50 bits per heavy atom. The maximum atomic E-state index is 11.9. The molecule has 11 heteroatoms. The molecule has 3 heterocycles.